The second-order valence-corrected chi connectivity index (χ2v) is 18.6. The van der Waals surface area contributed by atoms with Gasteiger partial charge in [0.15, 0.2) is 14.1 Å². The largest absolute Gasteiger partial charge is 0.466 e. The molecule has 208 valence electrons. The third-order valence-electron chi connectivity index (χ3n) is 10.5. The van der Waals surface area contributed by atoms with E-state index in [0.29, 0.717) is 30.1 Å². The molecule has 4 aliphatic carbocycles. The molecule has 0 aliphatic heterocycles. The van der Waals surface area contributed by atoms with E-state index in [0.717, 1.165) is 50.5 Å². The fourth-order valence-corrected chi connectivity index (χ4v) is 8.43. The van der Waals surface area contributed by atoms with Crippen LogP contribution >= 0.6 is 0 Å². The first-order valence-electron chi connectivity index (χ1n) is 15.3. The summed E-state index contributed by atoms with van der Waals surface area (Å²) in [4.78, 5) is 25.6. The fourth-order valence-electron chi connectivity index (χ4n) is 7.12. The van der Waals surface area contributed by atoms with Crippen LogP contribution in [0.5, 0.6) is 0 Å². The van der Waals surface area contributed by atoms with E-state index in [1.807, 2.05) is 6.92 Å². The number of fused-ring (bicyclic) bond motifs is 1. The lowest BCUT2D eigenvalue weighted by Gasteiger charge is -2.41. The molecular weight excluding hydrogens is 476 g/mol. The van der Waals surface area contributed by atoms with Crippen LogP contribution in [0.3, 0.4) is 0 Å². The van der Waals surface area contributed by atoms with E-state index in [4.69, 9.17) is 9.16 Å². The molecule has 0 aromatic rings. The van der Waals surface area contributed by atoms with E-state index in [1.54, 1.807) is 0 Å². The maximum atomic E-state index is 13.4. The Morgan fingerprint density at radius 2 is 1.70 bits per heavy atom. The number of carbonyl (C=O) groups excluding carboxylic acids is 2. The Bertz CT molecular complexity index is 879. The molecule has 4 atom stereocenters. The molecule has 0 aromatic carbocycles. The molecule has 4 fully saturated rings. The average Bonchev–Trinajstić information content (AvgIpc) is 3.41. The third-order valence-corrected chi connectivity index (χ3v) is 15.0. The van der Waals surface area contributed by atoms with Crippen molar-refractivity contribution >= 4 is 20.1 Å². The first-order valence-corrected chi connectivity index (χ1v) is 18.2. The number of Topliss-reactive ketones (excluding diaryl/α,β-unsaturated/α-hetero) is 1. The summed E-state index contributed by atoms with van der Waals surface area (Å²) in [6.07, 6.45) is 18.2. The lowest BCUT2D eigenvalue weighted by Crippen LogP contribution is -2.45. The Kier molecular flexibility index (Phi) is 9.26. The van der Waals surface area contributed by atoms with Crippen LogP contribution < -0.4 is 0 Å². The second kappa shape index (κ2) is 11.9. The first-order chi connectivity index (χ1) is 17.5. The maximum absolute atomic E-state index is 13.4. The van der Waals surface area contributed by atoms with Crippen molar-refractivity contribution < 1.29 is 18.8 Å². The molecule has 37 heavy (non-hydrogen) atoms. The van der Waals surface area contributed by atoms with Gasteiger partial charge in [0.05, 0.1) is 18.6 Å². The Hall–Kier alpha value is -1.20. The normalized spacial score (nSPS) is 30.7. The highest BCUT2D eigenvalue weighted by atomic mass is 28.4. The van der Waals surface area contributed by atoms with E-state index in [1.165, 1.54) is 37.7 Å². The number of hydrogen-bond acceptors (Lipinski definition) is 4. The fraction of sp³-hybridized carbons (Fsp3) is 0.812. The Balaban J connectivity index is 1.44. The van der Waals surface area contributed by atoms with Crippen LogP contribution in [0, 0.1) is 29.6 Å². The molecule has 4 saturated carbocycles. The molecule has 4 unspecified atom stereocenters. The van der Waals surface area contributed by atoms with Crippen LogP contribution in [-0.2, 0) is 18.8 Å². The lowest BCUT2D eigenvalue weighted by atomic mass is 9.82. The van der Waals surface area contributed by atoms with Gasteiger partial charge in [-0.2, -0.15) is 0 Å². The van der Waals surface area contributed by atoms with E-state index in [2.05, 4.69) is 46.0 Å². The highest BCUT2D eigenvalue weighted by Crippen LogP contribution is 2.51. The monoisotopic (exact) mass is 528 g/mol. The molecule has 4 rings (SSSR count). The predicted octanol–water partition coefficient (Wildman–Crippen LogP) is 8.18. The van der Waals surface area contributed by atoms with Crippen molar-refractivity contribution in [2.75, 3.05) is 6.61 Å². The summed E-state index contributed by atoms with van der Waals surface area (Å²) in [5.74, 6) is 2.15. The van der Waals surface area contributed by atoms with Gasteiger partial charge in [0.25, 0.3) is 0 Å². The predicted molar refractivity (Wildman–Crippen MR) is 153 cm³/mol. The van der Waals surface area contributed by atoms with Crippen LogP contribution in [0.25, 0.3) is 0 Å². The highest BCUT2D eigenvalue weighted by Gasteiger charge is 2.47. The minimum Gasteiger partial charge on any atom is -0.466 e. The summed E-state index contributed by atoms with van der Waals surface area (Å²) in [5, 5.41) is 0.206. The highest BCUT2D eigenvalue weighted by molar-refractivity contribution is 6.74. The molecule has 0 radical (unpaired) electrons. The molecule has 0 bridgehead atoms. The Morgan fingerprint density at radius 1 is 1.03 bits per heavy atom. The van der Waals surface area contributed by atoms with Crippen molar-refractivity contribution in [1.82, 2.24) is 0 Å². The zero-order valence-electron chi connectivity index (χ0n) is 24.4. The molecule has 0 heterocycles. The summed E-state index contributed by atoms with van der Waals surface area (Å²) in [5.41, 5.74) is 2.46. The van der Waals surface area contributed by atoms with Crippen LogP contribution in [0.15, 0.2) is 23.3 Å². The first kappa shape index (κ1) is 28.8. The molecule has 0 saturated heterocycles. The van der Waals surface area contributed by atoms with Gasteiger partial charge in [0.1, 0.15) is 0 Å². The summed E-state index contributed by atoms with van der Waals surface area (Å²) < 4.78 is 12.3. The van der Waals surface area contributed by atoms with E-state index in [9.17, 15) is 9.59 Å². The number of carbonyl (C=O) groups is 2. The lowest BCUT2D eigenvalue weighted by molar-refractivity contribution is -0.148. The van der Waals surface area contributed by atoms with E-state index in [-0.39, 0.29) is 28.9 Å². The van der Waals surface area contributed by atoms with E-state index >= 15 is 0 Å². The van der Waals surface area contributed by atoms with Crippen LogP contribution in [-0.4, -0.2) is 32.8 Å². The van der Waals surface area contributed by atoms with Gasteiger partial charge in [-0.1, -0.05) is 57.8 Å². The SMILES string of the molecule is CCOC(=O)C1CCC(=C2CC3C(C=CC(O[Si](C)(C)C(C)(C)C)C4CCCCC4)CCC3C2=O)CC1. The summed E-state index contributed by atoms with van der Waals surface area (Å²) in [6, 6.07) is 0. The average molecular weight is 529 g/mol. The standard InChI is InChI=1S/C32H52O4Si/c1-7-35-31(34)25-15-13-23(14-16-25)28-21-27-22(17-19-26(27)30(28)33)18-20-29(24-11-9-8-10-12-24)36-37(5,6)32(2,3)4/h18,20,22,24-27,29H,7-17,19,21H2,1-6H3. The van der Waals surface area contributed by atoms with Gasteiger partial charge in [0.2, 0.25) is 0 Å². The van der Waals surface area contributed by atoms with Gasteiger partial charge in [-0.15, -0.1) is 0 Å². The molecule has 4 aliphatic rings. The van der Waals surface area contributed by atoms with Crippen molar-refractivity contribution in [3.05, 3.63) is 23.3 Å². The number of rotatable bonds is 7. The number of hydrogen-bond donors (Lipinski definition) is 0. The van der Waals surface area contributed by atoms with Crippen molar-refractivity contribution in [1.29, 1.82) is 0 Å². The molecule has 0 N–H and O–H groups in total. The van der Waals surface area contributed by atoms with Crippen molar-refractivity contribution in [2.45, 2.75) is 129 Å². The maximum Gasteiger partial charge on any atom is 0.308 e. The summed E-state index contributed by atoms with van der Waals surface area (Å²) >= 11 is 0. The van der Waals surface area contributed by atoms with Gasteiger partial charge >= 0.3 is 5.97 Å². The topological polar surface area (TPSA) is 52.6 Å². The summed E-state index contributed by atoms with van der Waals surface area (Å²) in [7, 11) is -1.86. The van der Waals surface area contributed by atoms with Gasteiger partial charge in [0, 0.05) is 5.92 Å². The Morgan fingerprint density at radius 3 is 2.32 bits per heavy atom. The zero-order chi connectivity index (χ0) is 26.8. The zero-order valence-corrected chi connectivity index (χ0v) is 25.4. The number of esters is 1. The molecule has 0 spiro atoms. The third kappa shape index (κ3) is 6.51. The van der Waals surface area contributed by atoms with Crippen molar-refractivity contribution in [3.8, 4) is 0 Å². The second-order valence-electron chi connectivity index (χ2n) is 13.8. The minimum absolute atomic E-state index is 0.00797. The minimum atomic E-state index is -1.86. The van der Waals surface area contributed by atoms with Crippen molar-refractivity contribution in [2.24, 2.45) is 29.6 Å². The van der Waals surface area contributed by atoms with Crippen LogP contribution in [0.1, 0.15) is 105 Å². The molecule has 5 heteroatoms. The van der Waals surface area contributed by atoms with Crippen molar-refractivity contribution in [3.63, 3.8) is 0 Å². The number of allylic oxidation sites excluding steroid dienone is 3. The quantitative estimate of drug-likeness (QED) is 0.145. The van der Waals surface area contributed by atoms with Gasteiger partial charge in [-0.25, -0.2) is 0 Å². The molecule has 0 amide bonds. The number of ether oxygens (including phenoxy) is 1. The van der Waals surface area contributed by atoms with Crippen LogP contribution in [0.2, 0.25) is 18.1 Å². The van der Waals surface area contributed by atoms with Gasteiger partial charge in [-0.3, -0.25) is 9.59 Å². The molecular formula is C32H52O4Si. The molecule has 4 nitrogen and oxygen atoms in total. The Labute approximate surface area is 227 Å². The summed E-state index contributed by atoms with van der Waals surface area (Å²) in [6.45, 7) is 14.1. The van der Waals surface area contributed by atoms with Crippen LogP contribution in [0.4, 0.5) is 0 Å². The van der Waals surface area contributed by atoms with E-state index < -0.39 is 8.32 Å². The van der Waals surface area contributed by atoms with Gasteiger partial charge in [-0.05, 0) is 106 Å². The number of ketones is 1. The smallest absolute Gasteiger partial charge is 0.308 e. The molecule has 0 aromatic heterocycles. The van der Waals surface area contributed by atoms with Gasteiger partial charge < -0.3 is 9.16 Å².